The number of methoxy groups -OCH3 is 1. The Balaban J connectivity index is 1.98. The fraction of sp³-hybridized carbons (Fsp3) is 0.273. The van der Waals surface area contributed by atoms with Crippen LogP contribution in [-0.4, -0.2) is 34.0 Å². The summed E-state index contributed by atoms with van der Waals surface area (Å²) >= 11 is 6.36. The van der Waals surface area contributed by atoms with E-state index >= 15 is 0 Å². The van der Waals surface area contributed by atoms with Crippen molar-refractivity contribution in [3.05, 3.63) is 70.4 Å². The van der Waals surface area contributed by atoms with E-state index in [1.54, 1.807) is 32.0 Å². The molecule has 0 radical (unpaired) electrons. The number of nitrogens with one attached hydrogen (secondary N) is 1. The van der Waals surface area contributed by atoms with Crippen molar-refractivity contribution in [1.82, 2.24) is 10.2 Å². The van der Waals surface area contributed by atoms with Crippen LogP contribution in [0.3, 0.4) is 0 Å². The molecule has 0 amide bonds. The second-order valence-electron chi connectivity index (χ2n) is 7.13. The van der Waals surface area contributed by atoms with Crippen molar-refractivity contribution in [1.29, 1.82) is 0 Å². The lowest BCUT2D eigenvalue weighted by Gasteiger charge is -2.22. The van der Waals surface area contributed by atoms with Crippen molar-refractivity contribution in [3.63, 3.8) is 0 Å². The highest BCUT2D eigenvalue weighted by Gasteiger charge is 2.30. The minimum Gasteiger partial charge on any atom is -0.508 e. The maximum atomic E-state index is 11.9. The number of phenols is 1. The first-order valence-electron chi connectivity index (χ1n) is 9.13. The van der Waals surface area contributed by atoms with Crippen molar-refractivity contribution in [2.75, 3.05) is 7.11 Å². The number of hydrogen-bond acceptors (Lipinski definition) is 5. The van der Waals surface area contributed by atoms with Crippen LogP contribution in [0.25, 0.3) is 11.3 Å². The summed E-state index contributed by atoms with van der Waals surface area (Å²) in [5.41, 5.74) is 2.91. The van der Waals surface area contributed by atoms with Crippen molar-refractivity contribution in [3.8, 4) is 17.0 Å². The van der Waals surface area contributed by atoms with Gasteiger partial charge in [0.15, 0.2) is 5.60 Å². The Bertz CT molecular complexity index is 1010. The molecule has 152 valence electrons. The number of carbonyl (C=O) groups is 1. The average molecular weight is 415 g/mol. The third-order valence-electron chi connectivity index (χ3n) is 4.66. The lowest BCUT2D eigenvalue weighted by molar-refractivity contribution is -0.166. The molecule has 0 bridgehead atoms. The number of hydrogen-bond donors (Lipinski definition) is 2. The van der Waals surface area contributed by atoms with Gasteiger partial charge in [0.1, 0.15) is 5.75 Å². The first-order valence-corrected chi connectivity index (χ1v) is 9.51. The minimum absolute atomic E-state index is 0.108. The van der Waals surface area contributed by atoms with Gasteiger partial charge in [-0.25, -0.2) is 4.79 Å². The van der Waals surface area contributed by atoms with Crippen LogP contribution in [0.4, 0.5) is 0 Å². The van der Waals surface area contributed by atoms with Crippen LogP contribution in [-0.2, 0) is 27.3 Å². The molecule has 0 spiro atoms. The van der Waals surface area contributed by atoms with Crippen LogP contribution in [0, 0.1) is 0 Å². The lowest BCUT2D eigenvalue weighted by Crippen LogP contribution is -2.36. The van der Waals surface area contributed by atoms with E-state index in [1.165, 1.54) is 7.11 Å². The van der Waals surface area contributed by atoms with Gasteiger partial charge in [0, 0.05) is 22.6 Å². The molecule has 2 aromatic carbocycles. The standard InChI is InChI=1S/C22H23ClN2O4/c1-22(2,21(27)28-3)29-13-19-17(12-14-7-4-5-10-18(14)23)20(25-24-19)15-8-6-9-16(26)11-15/h4-11,26H,12-13H2,1-3H3,(H,24,25). The molecule has 1 heterocycles. The monoisotopic (exact) mass is 414 g/mol. The number of aromatic hydroxyl groups is 1. The zero-order valence-corrected chi connectivity index (χ0v) is 17.3. The van der Waals surface area contributed by atoms with Crippen molar-refractivity contribution >= 4 is 17.6 Å². The number of aromatic amines is 1. The van der Waals surface area contributed by atoms with Crippen LogP contribution in [0.1, 0.15) is 30.7 Å². The summed E-state index contributed by atoms with van der Waals surface area (Å²) in [6.07, 6.45) is 0.512. The van der Waals surface area contributed by atoms with Crippen LogP contribution in [0.2, 0.25) is 5.02 Å². The number of nitrogens with zero attached hydrogens (tertiary/aromatic N) is 1. The van der Waals surface area contributed by atoms with E-state index < -0.39 is 11.6 Å². The number of phenolic OH excluding ortho intramolecular Hbond substituents is 1. The maximum Gasteiger partial charge on any atom is 0.337 e. The van der Waals surface area contributed by atoms with E-state index in [0.29, 0.717) is 17.1 Å². The molecule has 1 aromatic heterocycles. The van der Waals surface area contributed by atoms with E-state index in [1.807, 2.05) is 30.3 Å². The highest BCUT2D eigenvalue weighted by atomic mass is 35.5. The molecule has 0 fully saturated rings. The second-order valence-corrected chi connectivity index (χ2v) is 7.54. The Kier molecular flexibility index (Phi) is 6.25. The molecular formula is C22H23ClN2O4. The predicted molar refractivity (Wildman–Crippen MR) is 111 cm³/mol. The topological polar surface area (TPSA) is 84.4 Å². The Morgan fingerprint density at radius 2 is 1.97 bits per heavy atom. The van der Waals surface area contributed by atoms with Crippen molar-refractivity contribution < 1.29 is 19.4 Å². The van der Waals surface area contributed by atoms with Gasteiger partial charge in [-0.15, -0.1) is 0 Å². The molecule has 0 aliphatic rings. The SMILES string of the molecule is COC(=O)C(C)(C)OCc1n[nH]c(-c2cccc(O)c2)c1Cc1ccccc1Cl. The van der Waals surface area contributed by atoms with E-state index in [0.717, 1.165) is 22.4 Å². The van der Waals surface area contributed by atoms with Crippen LogP contribution in [0.15, 0.2) is 48.5 Å². The van der Waals surface area contributed by atoms with E-state index in [9.17, 15) is 9.90 Å². The summed E-state index contributed by atoms with van der Waals surface area (Å²) < 4.78 is 10.6. The quantitative estimate of drug-likeness (QED) is 0.556. The fourth-order valence-corrected chi connectivity index (χ4v) is 3.20. The van der Waals surface area contributed by atoms with E-state index in [4.69, 9.17) is 21.1 Å². The number of esters is 1. The van der Waals surface area contributed by atoms with E-state index in [2.05, 4.69) is 10.2 Å². The molecule has 7 heteroatoms. The number of carbonyl (C=O) groups excluding carboxylic acids is 1. The van der Waals surface area contributed by atoms with Gasteiger partial charge >= 0.3 is 5.97 Å². The van der Waals surface area contributed by atoms with Gasteiger partial charge in [-0.2, -0.15) is 5.10 Å². The normalized spacial score (nSPS) is 11.4. The summed E-state index contributed by atoms with van der Waals surface area (Å²) in [5, 5.41) is 18.0. The summed E-state index contributed by atoms with van der Waals surface area (Å²) in [6, 6.07) is 14.5. The van der Waals surface area contributed by atoms with Crippen LogP contribution >= 0.6 is 11.6 Å². The number of halogens is 1. The summed E-state index contributed by atoms with van der Waals surface area (Å²) in [6.45, 7) is 3.40. The van der Waals surface area contributed by atoms with Crippen LogP contribution in [0.5, 0.6) is 5.75 Å². The molecule has 0 aliphatic carbocycles. The molecular weight excluding hydrogens is 392 g/mol. The summed E-state index contributed by atoms with van der Waals surface area (Å²) in [5.74, 6) is -0.306. The van der Waals surface area contributed by atoms with Gasteiger partial charge in [0.2, 0.25) is 0 Å². The Morgan fingerprint density at radius 3 is 2.66 bits per heavy atom. The first kappa shape index (κ1) is 20.9. The zero-order chi connectivity index (χ0) is 21.0. The first-order chi connectivity index (χ1) is 13.8. The van der Waals surface area contributed by atoms with Crippen molar-refractivity contribution in [2.45, 2.75) is 32.5 Å². The molecule has 6 nitrogen and oxygen atoms in total. The number of benzene rings is 2. The average Bonchev–Trinajstić information content (AvgIpc) is 3.10. The fourth-order valence-electron chi connectivity index (χ4n) is 3.00. The van der Waals surface area contributed by atoms with E-state index in [-0.39, 0.29) is 12.4 Å². The van der Waals surface area contributed by atoms with Gasteiger partial charge in [-0.05, 0) is 37.6 Å². The number of ether oxygens (including phenoxy) is 2. The van der Waals surface area contributed by atoms with Gasteiger partial charge in [0.25, 0.3) is 0 Å². The lowest BCUT2D eigenvalue weighted by atomic mass is 9.99. The highest BCUT2D eigenvalue weighted by Crippen LogP contribution is 2.31. The molecule has 0 saturated heterocycles. The molecule has 0 aliphatic heterocycles. The molecule has 0 saturated carbocycles. The largest absolute Gasteiger partial charge is 0.508 e. The third-order valence-corrected chi connectivity index (χ3v) is 5.03. The Hall–Kier alpha value is -2.83. The van der Waals surface area contributed by atoms with Crippen molar-refractivity contribution in [2.24, 2.45) is 0 Å². The molecule has 0 unspecified atom stereocenters. The highest BCUT2D eigenvalue weighted by molar-refractivity contribution is 6.31. The zero-order valence-electron chi connectivity index (χ0n) is 16.5. The molecule has 2 N–H and O–H groups in total. The molecule has 3 rings (SSSR count). The number of aromatic nitrogens is 2. The van der Waals surface area contributed by atoms with Gasteiger partial charge in [-0.1, -0.05) is 41.9 Å². The summed E-state index contributed by atoms with van der Waals surface area (Å²) in [7, 11) is 1.32. The Labute approximate surface area is 174 Å². The minimum atomic E-state index is -1.11. The molecule has 0 atom stereocenters. The van der Waals surface area contributed by atoms with Gasteiger partial charge in [-0.3, -0.25) is 5.10 Å². The molecule has 3 aromatic rings. The second kappa shape index (κ2) is 8.68. The predicted octanol–water partition coefficient (Wildman–Crippen LogP) is 4.49. The third kappa shape index (κ3) is 4.78. The van der Waals surface area contributed by atoms with Crippen LogP contribution < -0.4 is 0 Å². The summed E-state index contributed by atoms with van der Waals surface area (Å²) in [4.78, 5) is 11.9. The Morgan fingerprint density at radius 1 is 1.21 bits per heavy atom. The number of rotatable bonds is 7. The van der Waals surface area contributed by atoms with Gasteiger partial charge in [0.05, 0.1) is 25.1 Å². The smallest absolute Gasteiger partial charge is 0.337 e. The number of H-pyrrole nitrogens is 1. The maximum absolute atomic E-state index is 11.9. The molecule has 29 heavy (non-hydrogen) atoms. The van der Waals surface area contributed by atoms with Gasteiger partial charge < -0.3 is 14.6 Å².